The van der Waals surface area contributed by atoms with E-state index in [1.165, 1.54) is 24.9 Å². The highest BCUT2D eigenvalue weighted by Crippen LogP contribution is 2.37. The summed E-state index contributed by atoms with van der Waals surface area (Å²) in [7, 11) is 1.76. The van der Waals surface area contributed by atoms with Gasteiger partial charge in [0.15, 0.2) is 0 Å². The van der Waals surface area contributed by atoms with E-state index in [0.29, 0.717) is 12.1 Å². The van der Waals surface area contributed by atoms with E-state index in [1.54, 1.807) is 7.11 Å². The molecule has 1 aliphatic heterocycles. The molecule has 0 spiro atoms. The zero-order chi connectivity index (χ0) is 11.5. The molecule has 0 aliphatic carbocycles. The number of rotatable bonds is 3. The second kappa shape index (κ2) is 4.88. The predicted octanol–water partition coefficient (Wildman–Crippen LogP) is 3.24. The van der Waals surface area contributed by atoms with Gasteiger partial charge >= 0.3 is 0 Å². The maximum absolute atomic E-state index is 5.46. The van der Waals surface area contributed by atoms with Crippen LogP contribution in [0.25, 0.3) is 0 Å². The van der Waals surface area contributed by atoms with Crippen molar-refractivity contribution in [2.75, 3.05) is 13.7 Å². The molecule has 1 aromatic carbocycles. The summed E-state index contributed by atoms with van der Waals surface area (Å²) in [6.45, 7) is 5.75. The fourth-order valence-corrected chi connectivity index (χ4v) is 2.68. The van der Waals surface area contributed by atoms with E-state index >= 15 is 0 Å². The van der Waals surface area contributed by atoms with Crippen LogP contribution >= 0.6 is 0 Å². The van der Waals surface area contributed by atoms with Gasteiger partial charge in [0.25, 0.3) is 0 Å². The van der Waals surface area contributed by atoms with Crippen molar-refractivity contribution >= 4 is 0 Å². The minimum Gasteiger partial charge on any atom is -0.496 e. The molecule has 1 heterocycles. The van der Waals surface area contributed by atoms with Crippen molar-refractivity contribution in [3.05, 3.63) is 29.8 Å². The van der Waals surface area contributed by atoms with E-state index < -0.39 is 0 Å². The first kappa shape index (κ1) is 11.5. The molecule has 1 fully saturated rings. The van der Waals surface area contributed by atoms with Gasteiger partial charge in [-0.15, -0.1) is 0 Å². The second-order valence-electron chi connectivity index (χ2n) is 4.73. The molecule has 0 N–H and O–H groups in total. The first-order chi connectivity index (χ1) is 7.74. The van der Waals surface area contributed by atoms with Crippen LogP contribution in [0.2, 0.25) is 0 Å². The molecule has 16 heavy (non-hydrogen) atoms. The van der Waals surface area contributed by atoms with Crippen LogP contribution in [0.3, 0.4) is 0 Å². The SMILES string of the molecule is COc1ccccc1[C@@H]1CCCN1C(C)C. The van der Waals surface area contributed by atoms with Crippen LogP contribution in [0.4, 0.5) is 0 Å². The van der Waals surface area contributed by atoms with Gasteiger partial charge in [-0.2, -0.15) is 0 Å². The molecule has 0 amide bonds. The van der Waals surface area contributed by atoms with Crippen LogP contribution in [0.5, 0.6) is 5.75 Å². The molecule has 2 heteroatoms. The van der Waals surface area contributed by atoms with Crippen LogP contribution in [0.1, 0.15) is 38.3 Å². The summed E-state index contributed by atoms with van der Waals surface area (Å²) in [5, 5.41) is 0. The lowest BCUT2D eigenvalue weighted by atomic mass is 10.0. The van der Waals surface area contributed by atoms with Gasteiger partial charge in [-0.25, -0.2) is 0 Å². The Morgan fingerprint density at radius 1 is 1.31 bits per heavy atom. The molecule has 1 aromatic rings. The van der Waals surface area contributed by atoms with E-state index in [-0.39, 0.29) is 0 Å². The van der Waals surface area contributed by atoms with Gasteiger partial charge < -0.3 is 4.74 Å². The van der Waals surface area contributed by atoms with Gasteiger partial charge in [0, 0.05) is 17.6 Å². The monoisotopic (exact) mass is 219 g/mol. The standard InChI is InChI=1S/C14H21NO/c1-11(2)15-10-6-8-13(15)12-7-4-5-9-14(12)16-3/h4-5,7,9,11,13H,6,8,10H2,1-3H3/t13-/m0/s1. The molecule has 0 aromatic heterocycles. The maximum Gasteiger partial charge on any atom is 0.123 e. The lowest BCUT2D eigenvalue weighted by Gasteiger charge is -2.29. The highest BCUT2D eigenvalue weighted by Gasteiger charge is 2.29. The third-order valence-corrected chi connectivity index (χ3v) is 3.46. The summed E-state index contributed by atoms with van der Waals surface area (Å²) in [5.74, 6) is 1.03. The fourth-order valence-electron chi connectivity index (χ4n) is 2.68. The van der Waals surface area contributed by atoms with Crippen LogP contribution in [0.15, 0.2) is 24.3 Å². The summed E-state index contributed by atoms with van der Waals surface area (Å²) in [4.78, 5) is 2.57. The Bertz CT molecular complexity index is 348. The lowest BCUT2D eigenvalue weighted by Crippen LogP contribution is -2.30. The average Bonchev–Trinajstić information content (AvgIpc) is 2.77. The summed E-state index contributed by atoms with van der Waals surface area (Å²) >= 11 is 0. The molecule has 0 bridgehead atoms. The first-order valence-corrected chi connectivity index (χ1v) is 6.12. The fraction of sp³-hybridized carbons (Fsp3) is 0.571. The second-order valence-corrected chi connectivity index (χ2v) is 4.73. The van der Waals surface area contributed by atoms with Gasteiger partial charge in [-0.05, 0) is 39.3 Å². The molecule has 0 saturated carbocycles. The number of nitrogens with zero attached hydrogens (tertiary/aromatic N) is 1. The number of hydrogen-bond donors (Lipinski definition) is 0. The Morgan fingerprint density at radius 3 is 2.75 bits per heavy atom. The molecule has 1 atom stereocenters. The summed E-state index contributed by atoms with van der Waals surface area (Å²) in [6, 6.07) is 9.55. The van der Waals surface area contributed by atoms with Crippen molar-refractivity contribution < 1.29 is 4.74 Å². The van der Waals surface area contributed by atoms with Gasteiger partial charge in [0.1, 0.15) is 5.75 Å². The van der Waals surface area contributed by atoms with E-state index in [9.17, 15) is 0 Å². The smallest absolute Gasteiger partial charge is 0.123 e. The van der Waals surface area contributed by atoms with E-state index in [4.69, 9.17) is 4.74 Å². The number of methoxy groups -OCH3 is 1. The topological polar surface area (TPSA) is 12.5 Å². The molecule has 1 aliphatic rings. The Morgan fingerprint density at radius 2 is 2.06 bits per heavy atom. The zero-order valence-electron chi connectivity index (χ0n) is 10.4. The van der Waals surface area contributed by atoms with Crippen LogP contribution in [0, 0.1) is 0 Å². The first-order valence-electron chi connectivity index (χ1n) is 6.12. The van der Waals surface area contributed by atoms with Crippen molar-refractivity contribution in [3.8, 4) is 5.75 Å². The largest absolute Gasteiger partial charge is 0.496 e. The highest BCUT2D eigenvalue weighted by molar-refractivity contribution is 5.36. The minimum atomic E-state index is 0.538. The molecule has 0 unspecified atom stereocenters. The number of hydrogen-bond acceptors (Lipinski definition) is 2. The average molecular weight is 219 g/mol. The van der Waals surface area contributed by atoms with Crippen molar-refractivity contribution in [1.82, 2.24) is 4.90 Å². The number of likely N-dealkylation sites (tertiary alicyclic amines) is 1. The summed E-state index contributed by atoms with van der Waals surface area (Å²) < 4.78 is 5.46. The Kier molecular flexibility index (Phi) is 3.49. The van der Waals surface area contributed by atoms with Crippen LogP contribution in [-0.4, -0.2) is 24.6 Å². The predicted molar refractivity (Wildman–Crippen MR) is 66.8 cm³/mol. The lowest BCUT2D eigenvalue weighted by molar-refractivity contribution is 0.202. The number of para-hydroxylation sites is 1. The third kappa shape index (κ3) is 2.07. The molecular weight excluding hydrogens is 198 g/mol. The summed E-state index contributed by atoms with van der Waals surface area (Å²) in [5.41, 5.74) is 1.34. The Balaban J connectivity index is 2.28. The number of benzene rings is 1. The minimum absolute atomic E-state index is 0.538. The van der Waals surface area contributed by atoms with Crippen molar-refractivity contribution in [1.29, 1.82) is 0 Å². The zero-order valence-corrected chi connectivity index (χ0v) is 10.4. The number of ether oxygens (including phenoxy) is 1. The molecule has 88 valence electrons. The van der Waals surface area contributed by atoms with Crippen LogP contribution < -0.4 is 4.74 Å². The molecule has 1 saturated heterocycles. The van der Waals surface area contributed by atoms with Gasteiger partial charge in [0.2, 0.25) is 0 Å². The Hall–Kier alpha value is -1.02. The quantitative estimate of drug-likeness (QED) is 0.773. The molecule has 2 nitrogen and oxygen atoms in total. The maximum atomic E-state index is 5.46. The van der Waals surface area contributed by atoms with E-state index in [1.807, 2.05) is 6.07 Å². The van der Waals surface area contributed by atoms with Crippen LogP contribution in [-0.2, 0) is 0 Å². The van der Waals surface area contributed by atoms with Gasteiger partial charge in [-0.1, -0.05) is 18.2 Å². The van der Waals surface area contributed by atoms with E-state index in [2.05, 4.69) is 36.9 Å². The molecule has 0 radical (unpaired) electrons. The third-order valence-electron chi connectivity index (χ3n) is 3.46. The normalized spacial score (nSPS) is 21.6. The Labute approximate surface area is 98.2 Å². The summed E-state index contributed by atoms with van der Waals surface area (Å²) in [6.07, 6.45) is 2.54. The van der Waals surface area contributed by atoms with Gasteiger partial charge in [0.05, 0.1) is 7.11 Å². The van der Waals surface area contributed by atoms with Crippen molar-refractivity contribution in [3.63, 3.8) is 0 Å². The van der Waals surface area contributed by atoms with Gasteiger partial charge in [-0.3, -0.25) is 4.90 Å². The molecular formula is C14H21NO. The van der Waals surface area contributed by atoms with Crippen molar-refractivity contribution in [2.24, 2.45) is 0 Å². The highest BCUT2D eigenvalue weighted by atomic mass is 16.5. The molecule has 2 rings (SSSR count). The van der Waals surface area contributed by atoms with E-state index in [0.717, 1.165) is 5.75 Å². The van der Waals surface area contributed by atoms with Crippen molar-refractivity contribution in [2.45, 2.75) is 38.8 Å².